The fourth-order valence-corrected chi connectivity index (χ4v) is 3.92. The van der Waals surface area contributed by atoms with Crippen molar-refractivity contribution in [2.24, 2.45) is 0 Å². The third kappa shape index (κ3) is 2.55. The molecule has 1 aliphatic rings. The highest BCUT2D eigenvalue weighted by Crippen LogP contribution is 2.34. The molecule has 4 rings (SSSR count). The average Bonchev–Trinajstić information content (AvgIpc) is 2.98. The van der Waals surface area contributed by atoms with E-state index in [1.807, 2.05) is 49.4 Å². The van der Waals surface area contributed by atoms with Crippen molar-refractivity contribution in [3.8, 4) is 0 Å². The van der Waals surface area contributed by atoms with Gasteiger partial charge in [0.15, 0.2) is 5.13 Å². The van der Waals surface area contributed by atoms with Crippen LogP contribution in [0.1, 0.15) is 23.5 Å². The number of benzene rings is 2. The van der Waals surface area contributed by atoms with Crippen molar-refractivity contribution in [1.29, 1.82) is 0 Å². The standard InChI is InChI=1S/C18H15N3O2S/c1-10-5-4-8-14-16(10)20-18(24-14)21-17(23)12-9-15(22)19-13-7-3-2-6-11(12)13/h2-8,12H,9H2,1H3,(H,19,22)(H,20,21,23). The molecule has 0 spiro atoms. The van der Waals surface area contributed by atoms with E-state index in [1.165, 1.54) is 11.3 Å². The molecule has 0 saturated carbocycles. The van der Waals surface area contributed by atoms with Gasteiger partial charge in [-0.1, -0.05) is 41.7 Å². The van der Waals surface area contributed by atoms with E-state index in [2.05, 4.69) is 15.6 Å². The Hall–Kier alpha value is -2.73. The number of aryl methyl sites for hydroxylation is 1. The Morgan fingerprint density at radius 2 is 2.08 bits per heavy atom. The maximum Gasteiger partial charge on any atom is 0.234 e. The molecule has 0 saturated heterocycles. The van der Waals surface area contributed by atoms with Crippen molar-refractivity contribution in [1.82, 2.24) is 4.98 Å². The van der Waals surface area contributed by atoms with Gasteiger partial charge in [0.2, 0.25) is 11.8 Å². The lowest BCUT2D eigenvalue weighted by atomic mass is 9.90. The first-order chi connectivity index (χ1) is 11.6. The molecule has 24 heavy (non-hydrogen) atoms. The molecule has 2 heterocycles. The van der Waals surface area contributed by atoms with E-state index in [0.29, 0.717) is 10.8 Å². The molecule has 0 radical (unpaired) electrons. The lowest BCUT2D eigenvalue weighted by molar-refractivity contribution is -0.123. The minimum atomic E-state index is -0.497. The molecule has 6 heteroatoms. The van der Waals surface area contributed by atoms with Crippen molar-refractivity contribution < 1.29 is 9.59 Å². The van der Waals surface area contributed by atoms with Gasteiger partial charge in [0, 0.05) is 12.1 Å². The summed E-state index contributed by atoms with van der Waals surface area (Å²) in [5, 5.41) is 6.25. The minimum absolute atomic E-state index is 0.144. The zero-order valence-electron chi connectivity index (χ0n) is 13.0. The topological polar surface area (TPSA) is 71.1 Å². The largest absolute Gasteiger partial charge is 0.326 e. The van der Waals surface area contributed by atoms with E-state index in [4.69, 9.17) is 0 Å². The van der Waals surface area contributed by atoms with Crippen LogP contribution in [0.5, 0.6) is 0 Å². The number of thiazole rings is 1. The summed E-state index contributed by atoms with van der Waals surface area (Å²) >= 11 is 1.44. The Bertz CT molecular complexity index is 964. The van der Waals surface area contributed by atoms with Crippen LogP contribution in [0.2, 0.25) is 0 Å². The summed E-state index contributed by atoms with van der Waals surface area (Å²) in [6.07, 6.45) is 0.146. The maximum absolute atomic E-state index is 12.7. The molecular weight excluding hydrogens is 322 g/mol. The molecule has 1 atom stereocenters. The first-order valence-electron chi connectivity index (χ1n) is 7.67. The van der Waals surface area contributed by atoms with Gasteiger partial charge in [-0.25, -0.2) is 4.98 Å². The van der Waals surface area contributed by atoms with Crippen LogP contribution < -0.4 is 10.6 Å². The Morgan fingerprint density at radius 3 is 2.92 bits per heavy atom. The lowest BCUT2D eigenvalue weighted by Gasteiger charge is -2.24. The number of hydrogen-bond donors (Lipinski definition) is 2. The minimum Gasteiger partial charge on any atom is -0.326 e. The van der Waals surface area contributed by atoms with Crippen LogP contribution in [-0.2, 0) is 9.59 Å². The van der Waals surface area contributed by atoms with E-state index in [1.54, 1.807) is 0 Å². The molecular formula is C18H15N3O2S. The smallest absolute Gasteiger partial charge is 0.234 e. The van der Waals surface area contributed by atoms with Crippen LogP contribution >= 0.6 is 11.3 Å². The van der Waals surface area contributed by atoms with Gasteiger partial charge in [-0.3, -0.25) is 9.59 Å². The van der Waals surface area contributed by atoms with E-state index in [-0.39, 0.29) is 18.2 Å². The number of fused-ring (bicyclic) bond motifs is 2. The molecule has 1 unspecified atom stereocenters. The summed E-state index contributed by atoms with van der Waals surface area (Å²) < 4.78 is 1.03. The summed E-state index contributed by atoms with van der Waals surface area (Å²) in [6, 6.07) is 13.4. The van der Waals surface area contributed by atoms with Gasteiger partial charge in [0.05, 0.1) is 16.1 Å². The first-order valence-corrected chi connectivity index (χ1v) is 8.49. The number of rotatable bonds is 2. The second kappa shape index (κ2) is 5.72. The van der Waals surface area contributed by atoms with Crippen molar-refractivity contribution >= 4 is 44.2 Å². The summed E-state index contributed by atoms with van der Waals surface area (Å²) in [4.78, 5) is 29.1. The Kier molecular flexibility index (Phi) is 3.54. The molecule has 1 aliphatic heterocycles. The predicted molar refractivity (Wildman–Crippen MR) is 95.4 cm³/mol. The third-order valence-electron chi connectivity index (χ3n) is 4.17. The number of nitrogens with zero attached hydrogens (tertiary/aromatic N) is 1. The van der Waals surface area contributed by atoms with Crippen LogP contribution in [0.25, 0.3) is 10.2 Å². The molecule has 2 N–H and O–H groups in total. The highest BCUT2D eigenvalue weighted by molar-refractivity contribution is 7.22. The SMILES string of the molecule is Cc1cccc2sc(NC(=O)C3CC(=O)Nc4ccccc43)nc12. The zero-order chi connectivity index (χ0) is 16.7. The molecule has 3 aromatic rings. The molecule has 1 aromatic heterocycles. The first kappa shape index (κ1) is 14.8. The van der Waals surface area contributed by atoms with Gasteiger partial charge < -0.3 is 10.6 Å². The molecule has 2 amide bonds. The van der Waals surface area contributed by atoms with Gasteiger partial charge in [0.1, 0.15) is 0 Å². The lowest BCUT2D eigenvalue weighted by Crippen LogP contribution is -2.30. The second-order valence-electron chi connectivity index (χ2n) is 5.82. The van der Waals surface area contributed by atoms with Crippen LogP contribution in [0.3, 0.4) is 0 Å². The fourth-order valence-electron chi connectivity index (χ4n) is 2.98. The summed E-state index contributed by atoms with van der Waals surface area (Å²) in [5.74, 6) is -0.842. The number of hydrogen-bond acceptors (Lipinski definition) is 4. The second-order valence-corrected chi connectivity index (χ2v) is 6.85. The molecule has 0 bridgehead atoms. The van der Waals surface area contributed by atoms with E-state index < -0.39 is 5.92 Å². The fraction of sp³-hybridized carbons (Fsp3) is 0.167. The average molecular weight is 337 g/mol. The Labute approximate surface area is 142 Å². The van der Waals surface area contributed by atoms with Gasteiger partial charge in [-0.05, 0) is 30.2 Å². The maximum atomic E-state index is 12.7. The number of nitrogens with one attached hydrogen (secondary N) is 2. The quantitative estimate of drug-likeness (QED) is 0.749. The number of amides is 2. The molecule has 0 fully saturated rings. The molecule has 2 aromatic carbocycles. The van der Waals surface area contributed by atoms with E-state index in [9.17, 15) is 9.59 Å². The number of carbonyl (C=O) groups excluding carboxylic acids is 2. The molecule has 120 valence electrons. The van der Waals surface area contributed by atoms with Gasteiger partial charge in [-0.2, -0.15) is 0 Å². The monoisotopic (exact) mass is 337 g/mol. The van der Waals surface area contributed by atoms with Crippen molar-refractivity contribution in [3.05, 3.63) is 53.6 Å². The Balaban J connectivity index is 1.64. The van der Waals surface area contributed by atoms with Crippen LogP contribution in [0.15, 0.2) is 42.5 Å². The normalized spacial score (nSPS) is 16.5. The van der Waals surface area contributed by atoms with E-state index in [0.717, 1.165) is 21.3 Å². The van der Waals surface area contributed by atoms with Gasteiger partial charge in [-0.15, -0.1) is 0 Å². The summed E-state index contributed by atoms with van der Waals surface area (Å²) in [5.41, 5.74) is 3.52. The number of carbonyl (C=O) groups is 2. The van der Waals surface area contributed by atoms with Gasteiger partial charge in [0.25, 0.3) is 0 Å². The van der Waals surface area contributed by atoms with Crippen LogP contribution in [0, 0.1) is 6.92 Å². The highest BCUT2D eigenvalue weighted by Gasteiger charge is 2.30. The van der Waals surface area contributed by atoms with Crippen LogP contribution in [0.4, 0.5) is 10.8 Å². The highest BCUT2D eigenvalue weighted by atomic mass is 32.1. The van der Waals surface area contributed by atoms with Crippen molar-refractivity contribution in [3.63, 3.8) is 0 Å². The number of anilines is 2. The summed E-state index contributed by atoms with van der Waals surface area (Å²) in [6.45, 7) is 2.00. The van der Waals surface area contributed by atoms with Crippen LogP contribution in [-0.4, -0.2) is 16.8 Å². The van der Waals surface area contributed by atoms with E-state index >= 15 is 0 Å². The summed E-state index contributed by atoms with van der Waals surface area (Å²) in [7, 11) is 0. The third-order valence-corrected chi connectivity index (χ3v) is 5.10. The van der Waals surface area contributed by atoms with Gasteiger partial charge >= 0.3 is 0 Å². The molecule has 0 aliphatic carbocycles. The van der Waals surface area contributed by atoms with Crippen molar-refractivity contribution in [2.45, 2.75) is 19.3 Å². The zero-order valence-corrected chi connectivity index (χ0v) is 13.8. The Morgan fingerprint density at radius 1 is 1.25 bits per heavy atom. The number of aromatic nitrogens is 1. The molecule has 5 nitrogen and oxygen atoms in total. The predicted octanol–water partition coefficient (Wildman–Crippen LogP) is 3.67. The number of para-hydroxylation sites is 2. The van der Waals surface area contributed by atoms with Crippen molar-refractivity contribution in [2.75, 3.05) is 10.6 Å².